The van der Waals surface area contributed by atoms with Crippen LogP contribution in [-0.2, 0) is 14.4 Å². The van der Waals surface area contributed by atoms with Gasteiger partial charge in [-0.3, -0.25) is 14.4 Å². The largest absolute Gasteiger partial charge is 0.481 e. The molecule has 0 heterocycles. The summed E-state index contributed by atoms with van der Waals surface area (Å²) in [7, 11) is 0. The summed E-state index contributed by atoms with van der Waals surface area (Å²) < 4.78 is 0. The molecule has 0 aromatic carbocycles. The monoisotopic (exact) mass is 242 g/mol. The van der Waals surface area contributed by atoms with Gasteiger partial charge in [0.1, 0.15) is 11.8 Å². The lowest BCUT2D eigenvalue weighted by atomic mass is 10.5. The molecular formula is C5H7BrO6. The quantitative estimate of drug-likeness (QED) is 0.475. The first-order chi connectivity index (χ1) is 5.40. The van der Waals surface area contributed by atoms with Gasteiger partial charge in [0.2, 0.25) is 0 Å². The van der Waals surface area contributed by atoms with E-state index in [1.165, 1.54) is 0 Å². The summed E-state index contributed by atoms with van der Waals surface area (Å²) in [5.74, 6) is -3.45. The zero-order valence-corrected chi connectivity index (χ0v) is 7.44. The maximum absolute atomic E-state index is 9.43. The van der Waals surface area contributed by atoms with Gasteiger partial charge >= 0.3 is 17.9 Å². The van der Waals surface area contributed by atoms with E-state index in [1.54, 1.807) is 0 Å². The molecule has 0 amide bonds. The third kappa shape index (κ3) is 23.1. The molecule has 0 saturated carbocycles. The molecular weight excluding hydrogens is 236 g/mol. The molecule has 7 heteroatoms. The zero-order chi connectivity index (χ0) is 10.1. The summed E-state index contributed by atoms with van der Waals surface area (Å²) in [4.78, 5) is 28.2. The Morgan fingerprint density at radius 2 is 1.17 bits per heavy atom. The molecule has 0 radical (unpaired) electrons. The number of aliphatic carboxylic acids is 3. The summed E-state index contributed by atoms with van der Waals surface area (Å²) in [5.41, 5.74) is 0. The Balaban J connectivity index is 0. The first-order valence-electron chi connectivity index (χ1n) is 2.61. The van der Waals surface area contributed by atoms with Crippen LogP contribution in [0.3, 0.4) is 0 Å². The highest BCUT2D eigenvalue weighted by molar-refractivity contribution is 9.09. The van der Waals surface area contributed by atoms with Crippen molar-refractivity contribution in [3.8, 4) is 0 Å². The van der Waals surface area contributed by atoms with Crippen LogP contribution in [0.15, 0.2) is 0 Å². The minimum absolute atomic E-state index is 0.0347. The van der Waals surface area contributed by atoms with Gasteiger partial charge in [-0.15, -0.1) is 0 Å². The third-order valence-corrected chi connectivity index (χ3v) is 0.896. The maximum atomic E-state index is 9.43. The number of rotatable bonds is 3. The summed E-state index contributed by atoms with van der Waals surface area (Å²) in [6, 6.07) is 0. The SMILES string of the molecule is O=C(O)CBr.O=C(O)CC(=O)O. The van der Waals surface area contributed by atoms with Crippen LogP contribution in [0.1, 0.15) is 6.42 Å². The van der Waals surface area contributed by atoms with Gasteiger partial charge < -0.3 is 15.3 Å². The summed E-state index contributed by atoms with van der Waals surface area (Å²) in [5, 5.41) is 23.1. The van der Waals surface area contributed by atoms with Crippen molar-refractivity contribution < 1.29 is 29.7 Å². The number of carboxylic acid groups (broad SMARTS) is 3. The Morgan fingerprint density at radius 1 is 0.917 bits per heavy atom. The van der Waals surface area contributed by atoms with Gasteiger partial charge in [-0.2, -0.15) is 0 Å². The number of hydrogen-bond acceptors (Lipinski definition) is 3. The second kappa shape index (κ2) is 7.99. The lowest BCUT2D eigenvalue weighted by molar-refractivity contribution is -0.147. The van der Waals surface area contributed by atoms with Crippen molar-refractivity contribution in [2.45, 2.75) is 6.42 Å². The Kier molecular flexibility index (Phi) is 8.98. The minimum Gasteiger partial charge on any atom is -0.481 e. The van der Waals surface area contributed by atoms with E-state index in [0.717, 1.165) is 0 Å². The van der Waals surface area contributed by atoms with Gasteiger partial charge in [0.15, 0.2) is 0 Å². The number of alkyl halides is 1. The van der Waals surface area contributed by atoms with Crippen molar-refractivity contribution in [1.29, 1.82) is 0 Å². The summed E-state index contributed by atoms with van der Waals surface area (Å²) in [6.45, 7) is 0. The van der Waals surface area contributed by atoms with Crippen LogP contribution in [-0.4, -0.2) is 38.6 Å². The van der Waals surface area contributed by atoms with Gasteiger partial charge in [-0.05, 0) is 0 Å². The molecule has 0 rings (SSSR count). The molecule has 3 N–H and O–H groups in total. The van der Waals surface area contributed by atoms with E-state index in [-0.39, 0.29) is 5.33 Å². The molecule has 0 aliphatic carbocycles. The first-order valence-corrected chi connectivity index (χ1v) is 3.73. The van der Waals surface area contributed by atoms with Crippen molar-refractivity contribution >= 4 is 33.8 Å². The Hall–Kier alpha value is -1.11. The fourth-order valence-corrected chi connectivity index (χ4v) is 0.129. The van der Waals surface area contributed by atoms with Crippen LogP contribution < -0.4 is 0 Å². The molecule has 0 atom stereocenters. The highest BCUT2D eigenvalue weighted by Crippen LogP contribution is 1.74. The number of halogens is 1. The average Bonchev–Trinajstić information content (AvgIpc) is 1.85. The average molecular weight is 243 g/mol. The fourth-order valence-electron chi connectivity index (χ4n) is 0.129. The molecule has 0 bridgehead atoms. The fraction of sp³-hybridized carbons (Fsp3) is 0.400. The highest BCUT2D eigenvalue weighted by atomic mass is 79.9. The molecule has 0 fully saturated rings. The minimum atomic E-state index is -1.31. The molecule has 12 heavy (non-hydrogen) atoms. The van der Waals surface area contributed by atoms with Crippen LogP contribution >= 0.6 is 15.9 Å². The number of hydrogen-bond donors (Lipinski definition) is 3. The van der Waals surface area contributed by atoms with E-state index in [4.69, 9.17) is 15.3 Å². The van der Waals surface area contributed by atoms with E-state index in [9.17, 15) is 14.4 Å². The van der Waals surface area contributed by atoms with Gasteiger partial charge in [-0.1, -0.05) is 15.9 Å². The van der Waals surface area contributed by atoms with Gasteiger partial charge in [-0.25, -0.2) is 0 Å². The Bertz CT molecular complexity index is 165. The predicted octanol–water partition coefficient (Wildman–Crippen LogP) is 0.0116. The van der Waals surface area contributed by atoms with E-state index in [2.05, 4.69) is 15.9 Å². The number of carboxylic acids is 3. The molecule has 0 saturated heterocycles. The Morgan fingerprint density at radius 3 is 1.17 bits per heavy atom. The molecule has 0 spiro atoms. The van der Waals surface area contributed by atoms with Crippen molar-refractivity contribution in [3.05, 3.63) is 0 Å². The second-order valence-electron chi connectivity index (χ2n) is 1.49. The van der Waals surface area contributed by atoms with E-state index < -0.39 is 24.3 Å². The van der Waals surface area contributed by atoms with Crippen LogP contribution in [0.4, 0.5) is 0 Å². The second-order valence-corrected chi connectivity index (χ2v) is 2.05. The number of carbonyl (C=O) groups is 3. The summed E-state index contributed by atoms with van der Waals surface area (Å²) in [6.07, 6.45) is -0.806. The molecule has 70 valence electrons. The Labute approximate surface area is 75.9 Å². The first kappa shape index (κ1) is 13.5. The van der Waals surface area contributed by atoms with E-state index in [1.807, 2.05) is 0 Å². The van der Waals surface area contributed by atoms with Crippen LogP contribution in [0.5, 0.6) is 0 Å². The van der Waals surface area contributed by atoms with Crippen LogP contribution in [0.25, 0.3) is 0 Å². The molecule has 6 nitrogen and oxygen atoms in total. The predicted molar refractivity (Wildman–Crippen MR) is 41.3 cm³/mol. The lowest BCUT2D eigenvalue weighted by Gasteiger charge is -1.80. The van der Waals surface area contributed by atoms with Crippen molar-refractivity contribution in [3.63, 3.8) is 0 Å². The van der Waals surface area contributed by atoms with Gasteiger partial charge in [0.05, 0.1) is 0 Å². The topological polar surface area (TPSA) is 112 Å². The van der Waals surface area contributed by atoms with Gasteiger partial charge in [0, 0.05) is 0 Å². The van der Waals surface area contributed by atoms with Crippen molar-refractivity contribution in [2.24, 2.45) is 0 Å². The zero-order valence-electron chi connectivity index (χ0n) is 5.86. The van der Waals surface area contributed by atoms with Crippen molar-refractivity contribution in [2.75, 3.05) is 5.33 Å². The lowest BCUT2D eigenvalue weighted by Crippen LogP contribution is -2.03. The molecule has 0 aliphatic heterocycles. The van der Waals surface area contributed by atoms with E-state index >= 15 is 0 Å². The third-order valence-electron chi connectivity index (χ3n) is 0.417. The molecule has 0 aliphatic rings. The molecule has 0 aromatic heterocycles. The van der Waals surface area contributed by atoms with Crippen molar-refractivity contribution in [1.82, 2.24) is 0 Å². The maximum Gasteiger partial charge on any atom is 0.314 e. The van der Waals surface area contributed by atoms with Crippen LogP contribution in [0, 0.1) is 0 Å². The standard InChI is InChI=1S/C3H4O4.C2H3BrO2/c4-2(5)1-3(6)7;3-1-2(4)5/h1H2,(H,4,5)(H,6,7);1H2,(H,4,5). The molecule has 0 unspecified atom stereocenters. The summed E-state index contributed by atoms with van der Waals surface area (Å²) >= 11 is 2.71. The molecule has 0 aromatic rings. The normalized spacial score (nSPS) is 7.75. The van der Waals surface area contributed by atoms with E-state index in [0.29, 0.717) is 0 Å². The smallest absolute Gasteiger partial charge is 0.314 e. The highest BCUT2D eigenvalue weighted by Gasteiger charge is 2.01. The van der Waals surface area contributed by atoms with Crippen LogP contribution in [0.2, 0.25) is 0 Å². The van der Waals surface area contributed by atoms with Gasteiger partial charge in [0.25, 0.3) is 0 Å².